The molecule has 1 aromatic heterocycles. The van der Waals surface area contributed by atoms with E-state index in [1.54, 1.807) is 0 Å². The van der Waals surface area contributed by atoms with E-state index in [4.69, 9.17) is 4.74 Å². The molecule has 0 aliphatic heterocycles. The van der Waals surface area contributed by atoms with Crippen molar-refractivity contribution in [3.05, 3.63) is 58.9 Å². The maximum atomic E-state index is 9.30. The molecule has 1 heterocycles. The number of aryl methyl sites for hydroxylation is 1. The normalized spacial score (nSPS) is 10.8. The Morgan fingerprint density at radius 3 is 2.40 bits per heavy atom. The van der Waals surface area contributed by atoms with Gasteiger partial charge in [0.1, 0.15) is 18.1 Å². The zero-order chi connectivity index (χ0) is 14.5. The molecule has 0 bridgehead atoms. The lowest BCUT2D eigenvalue weighted by atomic mass is 10.0. The van der Waals surface area contributed by atoms with Crippen LogP contribution < -0.4 is 4.74 Å². The molecule has 0 amide bonds. The van der Waals surface area contributed by atoms with Gasteiger partial charge in [0.05, 0.1) is 6.61 Å². The van der Waals surface area contributed by atoms with Crippen LogP contribution >= 0.6 is 0 Å². The first-order valence-corrected chi connectivity index (χ1v) is 6.89. The van der Waals surface area contributed by atoms with E-state index in [0.717, 1.165) is 11.3 Å². The number of aromatic nitrogens is 1. The van der Waals surface area contributed by atoms with Crippen LogP contribution in [0.3, 0.4) is 0 Å². The quantitative estimate of drug-likeness (QED) is 0.903. The van der Waals surface area contributed by atoms with Gasteiger partial charge in [-0.2, -0.15) is 0 Å². The topological polar surface area (TPSA) is 42.4 Å². The van der Waals surface area contributed by atoms with Crippen molar-refractivity contribution in [2.24, 2.45) is 0 Å². The Labute approximate surface area is 120 Å². The minimum atomic E-state index is -0.108. The molecule has 0 radical (unpaired) electrons. The van der Waals surface area contributed by atoms with Crippen LogP contribution in [0, 0.1) is 6.92 Å². The second kappa shape index (κ2) is 6.53. The summed E-state index contributed by atoms with van der Waals surface area (Å²) in [7, 11) is 0. The monoisotopic (exact) mass is 271 g/mol. The molecular formula is C17H21NO2. The standard InChI is InChI=1S/C17H21NO2/c1-12(2)15-7-5-14(6-8-15)11-20-17-9-4-13(3)18-16(17)10-19/h4-9,12,19H,10-11H2,1-3H3. The highest BCUT2D eigenvalue weighted by Gasteiger charge is 2.05. The minimum Gasteiger partial charge on any atom is -0.487 e. The molecule has 0 unspecified atom stereocenters. The van der Waals surface area contributed by atoms with Crippen molar-refractivity contribution >= 4 is 0 Å². The molecular weight excluding hydrogens is 250 g/mol. The van der Waals surface area contributed by atoms with Gasteiger partial charge in [0.15, 0.2) is 0 Å². The van der Waals surface area contributed by atoms with E-state index in [-0.39, 0.29) is 6.61 Å². The van der Waals surface area contributed by atoms with E-state index in [1.807, 2.05) is 19.1 Å². The molecule has 2 rings (SSSR count). The van der Waals surface area contributed by atoms with E-state index in [2.05, 4.69) is 43.1 Å². The lowest BCUT2D eigenvalue weighted by Gasteiger charge is -2.11. The van der Waals surface area contributed by atoms with Crippen LogP contribution in [-0.4, -0.2) is 10.1 Å². The van der Waals surface area contributed by atoms with Crippen LogP contribution in [-0.2, 0) is 13.2 Å². The van der Waals surface area contributed by atoms with Crippen molar-refractivity contribution in [1.82, 2.24) is 4.98 Å². The minimum absolute atomic E-state index is 0.108. The highest BCUT2D eigenvalue weighted by atomic mass is 16.5. The maximum absolute atomic E-state index is 9.30. The SMILES string of the molecule is Cc1ccc(OCc2ccc(C(C)C)cc2)c(CO)n1. The van der Waals surface area contributed by atoms with Crippen LogP contribution in [0.1, 0.15) is 42.3 Å². The lowest BCUT2D eigenvalue weighted by molar-refractivity contribution is 0.253. The molecule has 20 heavy (non-hydrogen) atoms. The number of aliphatic hydroxyl groups is 1. The van der Waals surface area contributed by atoms with Gasteiger partial charge < -0.3 is 9.84 Å². The highest BCUT2D eigenvalue weighted by Crippen LogP contribution is 2.19. The number of hydrogen-bond acceptors (Lipinski definition) is 3. The predicted molar refractivity (Wildman–Crippen MR) is 79.8 cm³/mol. The third-order valence-electron chi connectivity index (χ3n) is 3.26. The number of benzene rings is 1. The van der Waals surface area contributed by atoms with Crippen LogP contribution in [0.4, 0.5) is 0 Å². The average molecular weight is 271 g/mol. The summed E-state index contributed by atoms with van der Waals surface area (Å²) in [5, 5.41) is 9.30. The first-order chi connectivity index (χ1) is 9.60. The fourth-order valence-electron chi connectivity index (χ4n) is 2.00. The summed E-state index contributed by atoms with van der Waals surface area (Å²) in [5.74, 6) is 1.18. The Hall–Kier alpha value is -1.87. The molecule has 0 fully saturated rings. The second-order valence-electron chi connectivity index (χ2n) is 5.24. The Morgan fingerprint density at radius 1 is 1.10 bits per heavy atom. The molecule has 1 aromatic carbocycles. The molecule has 0 aliphatic carbocycles. The molecule has 106 valence electrons. The molecule has 0 spiro atoms. The summed E-state index contributed by atoms with van der Waals surface area (Å²) in [6, 6.07) is 12.2. The van der Waals surface area contributed by atoms with E-state index < -0.39 is 0 Å². The fraction of sp³-hybridized carbons (Fsp3) is 0.353. The van der Waals surface area contributed by atoms with Gasteiger partial charge in [0, 0.05) is 5.69 Å². The van der Waals surface area contributed by atoms with Crippen LogP contribution in [0.5, 0.6) is 5.75 Å². The number of aliphatic hydroxyl groups excluding tert-OH is 1. The van der Waals surface area contributed by atoms with Crippen molar-refractivity contribution in [1.29, 1.82) is 0 Å². The zero-order valence-electron chi connectivity index (χ0n) is 12.3. The van der Waals surface area contributed by atoms with E-state index in [1.165, 1.54) is 5.56 Å². The number of nitrogens with zero attached hydrogens (tertiary/aromatic N) is 1. The van der Waals surface area contributed by atoms with Gasteiger partial charge in [-0.25, -0.2) is 0 Å². The van der Waals surface area contributed by atoms with E-state index >= 15 is 0 Å². The number of ether oxygens (including phenoxy) is 1. The van der Waals surface area contributed by atoms with Crippen molar-refractivity contribution in [2.75, 3.05) is 0 Å². The molecule has 3 heteroatoms. The first kappa shape index (κ1) is 14.5. The molecule has 0 saturated carbocycles. The van der Waals surface area contributed by atoms with Crippen LogP contribution in [0.25, 0.3) is 0 Å². The number of rotatable bonds is 5. The zero-order valence-corrected chi connectivity index (χ0v) is 12.3. The van der Waals surface area contributed by atoms with Gasteiger partial charge in [0.25, 0.3) is 0 Å². The lowest BCUT2D eigenvalue weighted by Crippen LogP contribution is -2.01. The summed E-state index contributed by atoms with van der Waals surface area (Å²) in [4.78, 5) is 4.27. The first-order valence-electron chi connectivity index (χ1n) is 6.89. The third kappa shape index (κ3) is 3.58. The molecule has 0 aliphatic rings. The molecule has 1 N–H and O–H groups in total. The fourth-order valence-corrected chi connectivity index (χ4v) is 2.00. The number of pyridine rings is 1. The van der Waals surface area contributed by atoms with Crippen molar-refractivity contribution in [3.63, 3.8) is 0 Å². The smallest absolute Gasteiger partial charge is 0.143 e. The summed E-state index contributed by atoms with van der Waals surface area (Å²) in [6.45, 7) is 6.63. The van der Waals surface area contributed by atoms with Crippen molar-refractivity contribution < 1.29 is 9.84 Å². The van der Waals surface area contributed by atoms with Crippen molar-refractivity contribution in [3.8, 4) is 5.75 Å². The van der Waals surface area contributed by atoms with E-state index in [9.17, 15) is 5.11 Å². The van der Waals surface area contributed by atoms with Gasteiger partial charge >= 0.3 is 0 Å². The summed E-state index contributed by atoms with van der Waals surface area (Å²) >= 11 is 0. The third-order valence-corrected chi connectivity index (χ3v) is 3.26. The van der Waals surface area contributed by atoms with Crippen LogP contribution in [0.15, 0.2) is 36.4 Å². The second-order valence-corrected chi connectivity index (χ2v) is 5.24. The Kier molecular flexibility index (Phi) is 4.74. The van der Waals surface area contributed by atoms with Crippen LogP contribution in [0.2, 0.25) is 0 Å². The summed E-state index contributed by atoms with van der Waals surface area (Å²) in [6.07, 6.45) is 0. The average Bonchev–Trinajstić information content (AvgIpc) is 2.46. The Balaban J connectivity index is 2.05. The van der Waals surface area contributed by atoms with Gasteiger partial charge in [-0.3, -0.25) is 4.98 Å². The maximum Gasteiger partial charge on any atom is 0.143 e. The van der Waals surface area contributed by atoms with Gasteiger partial charge in [-0.1, -0.05) is 38.1 Å². The predicted octanol–water partition coefficient (Wildman–Crippen LogP) is 3.58. The molecule has 0 saturated heterocycles. The molecule has 2 aromatic rings. The van der Waals surface area contributed by atoms with E-state index in [0.29, 0.717) is 24.0 Å². The largest absolute Gasteiger partial charge is 0.487 e. The Morgan fingerprint density at radius 2 is 1.80 bits per heavy atom. The Bertz CT molecular complexity index is 562. The molecule has 0 atom stereocenters. The van der Waals surface area contributed by atoms with Gasteiger partial charge in [-0.15, -0.1) is 0 Å². The van der Waals surface area contributed by atoms with Gasteiger partial charge in [0.2, 0.25) is 0 Å². The highest BCUT2D eigenvalue weighted by molar-refractivity contribution is 5.30. The van der Waals surface area contributed by atoms with Crippen molar-refractivity contribution in [2.45, 2.75) is 39.9 Å². The van der Waals surface area contributed by atoms with Gasteiger partial charge in [-0.05, 0) is 36.1 Å². The summed E-state index contributed by atoms with van der Waals surface area (Å²) < 4.78 is 5.75. The molecule has 3 nitrogen and oxygen atoms in total. The number of hydrogen-bond donors (Lipinski definition) is 1. The summed E-state index contributed by atoms with van der Waals surface area (Å²) in [5.41, 5.74) is 3.90.